The number of pyridine rings is 1. The minimum absolute atomic E-state index is 0.0408. The molecule has 3 aromatic rings. The Morgan fingerprint density at radius 1 is 1.10 bits per heavy atom. The average molecular weight is 471 g/mol. The van der Waals surface area contributed by atoms with Crippen molar-refractivity contribution in [3.8, 4) is 0 Å². The second kappa shape index (κ2) is 9.21. The topological polar surface area (TPSA) is 75.0 Å². The van der Waals surface area contributed by atoms with E-state index in [2.05, 4.69) is 9.38 Å². The lowest BCUT2D eigenvalue weighted by molar-refractivity contribution is 0.484. The Kier molecular flexibility index (Phi) is 6.41. The Morgan fingerprint density at radius 2 is 1.84 bits per heavy atom. The Labute approximate surface area is 190 Å². The van der Waals surface area contributed by atoms with Crippen molar-refractivity contribution in [1.29, 1.82) is 0 Å². The van der Waals surface area contributed by atoms with Gasteiger partial charge in [0.05, 0.1) is 17.2 Å². The van der Waals surface area contributed by atoms with Gasteiger partial charge in [-0.25, -0.2) is 5.01 Å². The Balaban J connectivity index is 1.73. The van der Waals surface area contributed by atoms with E-state index in [4.69, 9.17) is 16.7 Å². The van der Waals surface area contributed by atoms with E-state index in [0.29, 0.717) is 16.7 Å². The van der Waals surface area contributed by atoms with Crippen LogP contribution in [0.25, 0.3) is 0 Å². The van der Waals surface area contributed by atoms with Gasteiger partial charge in [-0.15, -0.1) is 4.40 Å². The highest BCUT2D eigenvalue weighted by Gasteiger charge is 2.32. The van der Waals surface area contributed by atoms with Crippen LogP contribution in [0, 0.1) is 0 Å². The lowest BCUT2D eigenvalue weighted by atomic mass is 9.91. The Hall–Kier alpha value is -2.68. The van der Waals surface area contributed by atoms with Gasteiger partial charge in [-0.3, -0.25) is 4.98 Å². The van der Waals surface area contributed by atoms with Crippen LogP contribution in [0.5, 0.6) is 0 Å². The summed E-state index contributed by atoms with van der Waals surface area (Å²) in [6.45, 7) is 0.476. The summed E-state index contributed by atoms with van der Waals surface area (Å²) in [6.07, 6.45) is 5.26. The molecule has 0 radical (unpaired) electrons. The highest BCUT2D eigenvalue weighted by Crippen LogP contribution is 2.30. The maximum Gasteiger partial charge on any atom is 0.284 e. The van der Waals surface area contributed by atoms with Gasteiger partial charge in [0.25, 0.3) is 10.0 Å². The predicted molar refractivity (Wildman–Crippen MR) is 126 cm³/mol. The van der Waals surface area contributed by atoms with Crippen LogP contribution in [0.2, 0.25) is 5.02 Å². The first kappa shape index (κ1) is 21.5. The molecule has 0 saturated heterocycles. The van der Waals surface area contributed by atoms with Gasteiger partial charge in [0, 0.05) is 28.9 Å². The van der Waals surface area contributed by atoms with Crippen LogP contribution < -0.4 is 0 Å². The molecule has 0 spiro atoms. The molecule has 0 aliphatic carbocycles. The summed E-state index contributed by atoms with van der Waals surface area (Å²) >= 11 is 7.12. The number of hydrazone groups is 1. The van der Waals surface area contributed by atoms with Crippen molar-refractivity contribution in [2.75, 3.05) is 12.8 Å². The fourth-order valence-corrected chi connectivity index (χ4v) is 5.22. The summed E-state index contributed by atoms with van der Waals surface area (Å²) in [5, 5.41) is 7.17. The van der Waals surface area contributed by atoms with E-state index in [1.54, 1.807) is 23.7 Å². The van der Waals surface area contributed by atoms with Gasteiger partial charge >= 0.3 is 0 Å². The second-order valence-corrected chi connectivity index (χ2v) is 9.59. The lowest BCUT2D eigenvalue weighted by Crippen LogP contribution is -2.24. The first-order chi connectivity index (χ1) is 15.0. The van der Waals surface area contributed by atoms with Crippen molar-refractivity contribution in [1.82, 2.24) is 9.99 Å². The van der Waals surface area contributed by atoms with Crippen molar-refractivity contribution in [3.63, 3.8) is 0 Å². The third-order valence-electron chi connectivity index (χ3n) is 4.79. The third-order valence-corrected chi connectivity index (χ3v) is 7.10. The molecule has 1 aromatic heterocycles. The van der Waals surface area contributed by atoms with Crippen LogP contribution in [0.4, 0.5) is 0 Å². The fraction of sp³-hybridized carbons (Fsp3) is 0.136. The van der Waals surface area contributed by atoms with E-state index in [9.17, 15) is 8.42 Å². The van der Waals surface area contributed by atoms with Crippen LogP contribution in [0.3, 0.4) is 0 Å². The molecule has 1 aliphatic heterocycles. The lowest BCUT2D eigenvalue weighted by Gasteiger charge is -2.17. The molecule has 2 heterocycles. The number of halogens is 1. The van der Waals surface area contributed by atoms with Gasteiger partial charge in [0.15, 0.2) is 5.17 Å². The standard InChI is InChI=1S/C22H19ClN4O2S2/c1-30-22(26-31(28,29)19-11-9-18(23)10-12-19)27-15-20(16-6-3-2-4-7-16)21(25-27)17-8-5-13-24-14-17/h2-14,20H,15H2,1H3/b26-22-. The van der Waals surface area contributed by atoms with Crippen molar-refractivity contribution in [2.24, 2.45) is 9.50 Å². The smallest absolute Gasteiger partial charge is 0.264 e. The fourth-order valence-electron chi connectivity index (χ4n) is 3.29. The first-order valence-electron chi connectivity index (χ1n) is 9.44. The molecule has 158 valence electrons. The van der Waals surface area contributed by atoms with Gasteiger partial charge < -0.3 is 0 Å². The van der Waals surface area contributed by atoms with Gasteiger partial charge in [-0.1, -0.05) is 53.7 Å². The molecule has 31 heavy (non-hydrogen) atoms. The number of hydrogen-bond acceptors (Lipinski definition) is 5. The molecule has 0 saturated carbocycles. The summed E-state index contributed by atoms with van der Waals surface area (Å²) in [5.41, 5.74) is 2.80. The largest absolute Gasteiger partial charge is 0.284 e. The molecule has 0 bridgehead atoms. The first-order valence-corrected chi connectivity index (χ1v) is 12.5. The number of amidine groups is 1. The van der Waals surface area contributed by atoms with Crippen LogP contribution in [0.15, 0.2) is 93.5 Å². The molecule has 1 aliphatic rings. The number of hydrogen-bond donors (Lipinski definition) is 0. The summed E-state index contributed by atoms with van der Waals surface area (Å²) in [6, 6.07) is 19.8. The maximum atomic E-state index is 12.8. The molecule has 9 heteroatoms. The van der Waals surface area contributed by atoms with E-state index < -0.39 is 10.0 Å². The molecule has 2 aromatic carbocycles. The highest BCUT2D eigenvalue weighted by molar-refractivity contribution is 8.13. The maximum absolute atomic E-state index is 12.8. The van der Waals surface area contributed by atoms with E-state index in [1.807, 2.05) is 42.5 Å². The quantitative estimate of drug-likeness (QED) is 0.410. The SMILES string of the molecule is CS/C(=N\S(=O)(=O)c1ccc(Cl)cc1)N1CC(c2ccccc2)C(c2cccnc2)=N1. The zero-order valence-corrected chi connectivity index (χ0v) is 19.0. The van der Waals surface area contributed by atoms with Crippen LogP contribution in [-0.2, 0) is 10.0 Å². The third kappa shape index (κ3) is 4.81. The second-order valence-electron chi connectivity index (χ2n) is 6.78. The van der Waals surface area contributed by atoms with E-state index in [1.165, 1.54) is 36.0 Å². The summed E-state index contributed by atoms with van der Waals surface area (Å²) < 4.78 is 29.8. The molecular weight excluding hydrogens is 452 g/mol. The molecule has 0 N–H and O–H groups in total. The number of aromatic nitrogens is 1. The zero-order chi connectivity index (χ0) is 21.8. The normalized spacial score (nSPS) is 17.0. The van der Waals surface area contributed by atoms with Crippen molar-refractivity contribution in [2.45, 2.75) is 10.8 Å². The molecular formula is C22H19ClN4O2S2. The number of benzene rings is 2. The molecule has 1 unspecified atom stereocenters. The average Bonchev–Trinajstić information content (AvgIpc) is 3.24. The van der Waals surface area contributed by atoms with Gasteiger partial charge in [-0.2, -0.15) is 13.5 Å². The van der Waals surface area contributed by atoms with Crippen LogP contribution in [-0.4, -0.2) is 42.1 Å². The minimum Gasteiger partial charge on any atom is -0.264 e. The molecule has 0 fully saturated rings. The molecule has 4 rings (SSSR count). The van der Waals surface area contributed by atoms with Crippen LogP contribution in [0.1, 0.15) is 17.0 Å². The minimum atomic E-state index is -3.90. The number of rotatable bonds is 4. The van der Waals surface area contributed by atoms with E-state index >= 15 is 0 Å². The molecule has 0 amide bonds. The van der Waals surface area contributed by atoms with Crippen molar-refractivity contribution >= 4 is 44.3 Å². The van der Waals surface area contributed by atoms with Gasteiger partial charge in [0.2, 0.25) is 0 Å². The Bertz CT molecular complexity index is 1220. The summed E-state index contributed by atoms with van der Waals surface area (Å²) in [4.78, 5) is 4.29. The Morgan fingerprint density at radius 3 is 2.48 bits per heavy atom. The summed E-state index contributed by atoms with van der Waals surface area (Å²) in [5.74, 6) is -0.0408. The predicted octanol–water partition coefficient (Wildman–Crippen LogP) is 4.65. The van der Waals surface area contributed by atoms with Gasteiger partial charge in [-0.05, 0) is 48.2 Å². The van der Waals surface area contributed by atoms with Gasteiger partial charge in [0.1, 0.15) is 0 Å². The molecule has 6 nitrogen and oxygen atoms in total. The highest BCUT2D eigenvalue weighted by atomic mass is 35.5. The van der Waals surface area contributed by atoms with Crippen LogP contribution >= 0.6 is 23.4 Å². The number of nitrogens with zero attached hydrogens (tertiary/aromatic N) is 4. The van der Waals surface area contributed by atoms with Crippen molar-refractivity contribution in [3.05, 3.63) is 95.3 Å². The summed E-state index contributed by atoms with van der Waals surface area (Å²) in [7, 11) is -3.90. The zero-order valence-electron chi connectivity index (χ0n) is 16.6. The number of thioether (sulfide) groups is 1. The number of sulfonamides is 1. The van der Waals surface area contributed by atoms with Crippen molar-refractivity contribution < 1.29 is 8.42 Å². The molecule has 1 atom stereocenters. The monoisotopic (exact) mass is 470 g/mol. The van der Waals surface area contributed by atoms with E-state index in [0.717, 1.165) is 16.8 Å². The van der Waals surface area contributed by atoms with E-state index in [-0.39, 0.29) is 10.8 Å².